The van der Waals surface area contributed by atoms with Crippen LogP contribution in [0.4, 0.5) is 0 Å². The van der Waals surface area contributed by atoms with Gasteiger partial charge < -0.3 is 9.52 Å². The number of hydrogen-bond donors (Lipinski definition) is 1. The van der Waals surface area contributed by atoms with Crippen LogP contribution in [0.5, 0.6) is 0 Å². The molecule has 110 valence electrons. The average Bonchev–Trinajstić information content (AvgIpc) is 3.02. The third-order valence-electron chi connectivity index (χ3n) is 3.32. The highest BCUT2D eigenvalue weighted by Gasteiger charge is 2.16. The molecule has 0 radical (unpaired) electrons. The van der Waals surface area contributed by atoms with E-state index in [9.17, 15) is 9.90 Å². The number of aromatic nitrogens is 1. The summed E-state index contributed by atoms with van der Waals surface area (Å²) in [4.78, 5) is 12.6. The molecule has 6 heteroatoms. The van der Waals surface area contributed by atoms with E-state index in [1.807, 2.05) is 19.1 Å². The highest BCUT2D eigenvalue weighted by molar-refractivity contribution is 7.16. The molecular weight excluding hydrogens is 310 g/mol. The minimum absolute atomic E-state index is 0.363. The third-order valence-corrected chi connectivity index (χ3v) is 4.60. The maximum Gasteiger partial charge on any atom is 0.419 e. The molecule has 4 nitrogen and oxygen atoms in total. The predicted molar refractivity (Wildman–Crippen MR) is 84.2 cm³/mol. The maximum absolute atomic E-state index is 11.8. The lowest BCUT2D eigenvalue weighted by molar-refractivity contribution is 0.224. The normalized spacial score (nSPS) is 12.9. The van der Waals surface area contributed by atoms with Gasteiger partial charge in [-0.05, 0) is 36.2 Å². The van der Waals surface area contributed by atoms with Crippen molar-refractivity contribution in [3.8, 4) is 0 Å². The Kier molecular flexibility index (Phi) is 3.89. The number of thiophene rings is 1. The Morgan fingerprint density at radius 2 is 2.19 bits per heavy atom. The van der Waals surface area contributed by atoms with Gasteiger partial charge in [0.2, 0.25) is 0 Å². The highest BCUT2D eigenvalue weighted by atomic mass is 35.5. The molecule has 0 aliphatic rings. The van der Waals surface area contributed by atoms with Crippen LogP contribution in [-0.4, -0.2) is 9.67 Å². The largest absolute Gasteiger partial charge is 0.419 e. The second kappa shape index (κ2) is 5.67. The lowest BCUT2D eigenvalue weighted by atomic mass is 10.1. The van der Waals surface area contributed by atoms with Gasteiger partial charge in [-0.2, -0.15) is 0 Å². The Labute approximate surface area is 130 Å². The van der Waals surface area contributed by atoms with Crippen molar-refractivity contribution in [3.63, 3.8) is 0 Å². The highest BCUT2D eigenvalue weighted by Crippen LogP contribution is 2.32. The summed E-state index contributed by atoms with van der Waals surface area (Å²) in [7, 11) is 0. The van der Waals surface area contributed by atoms with E-state index in [4.69, 9.17) is 16.0 Å². The topological polar surface area (TPSA) is 55.4 Å². The van der Waals surface area contributed by atoms with Crippen LogP contribution in [0, 0.1) is 0 Å². The molecule has 0 saturated heterocycles. The predicted octanol–water partition coefficient (Wildman–Crippen LogP) is 3.80. The first-order valence-corrected chi connectivity index (χ1v) is 7.86. The number of halogens is 1. The molecule has 2 heterocycles. The van der Waals surface area contributed by atoms with Gasteiger partial charge in [-0.15, -0.1) is 11.3 Å². The number of aryl methyl sites for hydroxylation is 1. The van der Waals surface area contributed by atoms with Gasteiger partial charge in [0.15, 0.2) is 5.58 Å². The van der Waals surface area contributed by atoms with Crippen LogP contribution in [0.3, 0.4) is 0 Å². The first kappa shape index (κ1) is 14.4. The Hall–Kier alpha value is -1.56. The fraction of sp³-hybridized carbons (Fsp3) is 0.267. The lowest BCUT2D eigenvalue weighted by Gasteiger charge is -2.08. The molecule has 0 amide bonds. The van der Waals surface area contributed by atoms with Gasteiger partial charge in [0.25, 0.3) is 0 Å². The van der Waals surface area contributed by atoms with Gasteiger partial charge in [0, 0.05) is 11.4 Å². The first-order valence-electron chi connectivity index (χ1n) is 6.66. The molecule has 0 fully saturated rings. The average molecular weight is 324 g/mol. The number of aliphatic hydroxyl groups excluding tert-OH is 1. The van der Waals surface area contributed by atoms with E-state index in [1.165, 1.54) is 11.3 Å². The minimum atomic E-state index is -0.772. The molecule has 0 bridgehead atoms. The van der Waals surface area contributed by atoms with E-state index in [2.05, 4.69) is 0 Å². The number of aliphatic hydroxyl groups is 1. The molecule has 3 rings (SSSR count). The summed E-state index contributed by atoms with van der Waals surface area (Å²) < 4.78 is 7.49. The summed E-state index contributed by atoms with van der Waals surface area (Å²) in [5, 5.41) is 10.4. The maximum atomic E-state index is 11.8. The van der Waals surface area contributed by atoms with Crippen molar-refractivity contribution in [1.29, 1.82) is 0 Å². The number of fused-ring (bicyclic) bond motifs is 1. The summed E-state index contributed by atoms with van der Waals surface area (Å²) in [5.41, 5.74) is 1.92. The van der Waals surface area contributed by atoms with Gasteiger partial charge in [-0.1, -0.05) is 24.6 Å². The molecular formula is C15H14ClNO3S. The Bertz CT molecular complexity index is 833. The summed E-state index contributed by atoms with van der Waals surface area (Å²) in [6, 6.07) is 8.87. The van der Waals surface area contributed by atoms with Crippen molar-refractivity contribution in [2.45, 2.75) is 26.0 Å². The monoisotopic (exact) mass is 323 g/mol. The summed E-state index contributed by atoms with van der Waals surface area (Å²) in [6.07, 6.45) is 0.0822. The number of benzene rings is 1. The SMILES string of the molecule is CCCn1c(=O)oc2cc(C(O)c3ccc(Cl)s3)ccc21. The Morgan fingerprint density at radius 3 is 2.86 bits per heavy atom. The zero-order valence-corrected chi connectivity index (χ0v) is 12.9. The second-order valence-corrected chi connectivity index (χ2v) is 6.54. The lowest BCUT2D eigenvalue weighted by Crippen LogP contribution is -2.13. The molecule has 1 N–H and O–H groups in total. The molecule has 1 aromatic carbocycles. The summed E-state index contributed by atoms with van der Waals surface area (Å²) >= 11 is 7.22. The van der Waals surface area contributed by atoms with Crippen molar-refractivity contribution in [3.05, 3.63) is 55.7 Å². The van der Waals surface area contributed by atoms with Crippen LogP contribution in [-0.2, 0) is 6.54 Å². The smallest absolute Gasteiger partial charge is 0.408 e. The van der Waals surface area contributed by atoms with Gasteiger partial charge in [0.1, 0.15) is 6.10 Å². The molecule has 0 aliphatic heterocycles. The summed E-state index contributed by atoms with van der Waals surface area (Å²) in [6.45, 7) is 2.62. The summed E-state index contributed by atoms with van der Waals surface area (Å²) in [5.74, 6) is -0.363. The van der Waals surface area contributed by atoms with Crippen LogP contribution in [0.2, 0.25) is 4.34 Å². The Balaban J connectivity index is 2.03. The van der Waals surface area contributed by atoms with Crippen molar-refractivity contribution in [2.75, 3.05) is 0 Å². The molecule has 21 heavy (non-hydrogen) atoms. The standard InChI is InChI=1S/C15H14ClNO3S/c1-2-7-17-10-4-3-9(8-11(10)20-15(17)19)14(18)12-5-6-13(16)21-12/h3-6,8,14,18H,2,7H2,1H3. The minimum Gasteiger partial charge on any atom is -0.408 e. The number of hydrogen-bond acceptors (Lipinski definition) is 4. The van der Waals surface area contributed by atoms with Crippen LogP contribution < -0.4 is 5.76 Å². The quantitative estimate of drug-likeness (QED) is 0.794. The molecule has 3 aromatic rings. The van der Waals surface area contributed by atoms with Gasteiger partial charge in [0.05, 0.1) is 9.85 Å². The molecule has 0 spiro atoms. The molecule has 0 saturated carbocycles. The fourth-order valence-electron chi connectivity index (χ4n) is 2.33. The van der Waals surface area contributed by atoms with Crippen LogP contribution in [0.15, 0.2) is 39.5 Å². The van der Waals surface area contributed by atoms with Gasteiger partial charge in [-0.25, -0.2) is 4.79 Å². The van der Waals surface area contributed by atoms with Gasteiger partial charge >= 0.3 is 5.76 Å². The number of rotatable bonds is 4. The zero-order valence-electron chi connectivity index (χ0n) is 11.4. The second-order valence-electron chi connectivity index (χ2n) is 4.79. The molecule has 1 unspecified atom stereocenters. The van der Waals surface area contributed by atoms with Crippen molar-refractivity contribution >= 4 is 34.0 Å². The van der Waals surface area contributed by atoms with Crippen LogP contribution in [0.1, 0.15) is 29.9 Å². The van der Waals surface area contributed by atoms with E-state index in [-0.39, 0.29) is 5.76 Å². The Morgan fingerprint density at radius 1 is 1.38 bits per heavy atom. The number of nitrogens with zero attached hydrogens (tertiary/aromatic N) is 1. The molecule has 2 aromatic heterocycles. The van der Waals surface area contributed by atoms with Crippen molar-refractivity contribution < 1.29 is 9.52 Å². The van der Waals surface area contributed by atoms with E-state index < -0.39 is 6.10 Å². The van der Waals surface area contributed by atoms with E-state index >= 15 is 0 Å². The third kappa shape index (κ3) is 2.64. The fourth-order valence-corrected chi connectivity index (χ4v) is 3.40. The van der Waals surface area contributed by atoms with Crippen molar-refractivity contribution in [2.24, 2.45) is 0 Å². The van der Waals surface area contributed by atoms with Crippen LogP contribution >= 0.6 is 22.9 Å². The van der Waals surface area contributed by atoms with E-state index in [0.717, 1.165) is 16.8 Å². The molecule has 0 aliphatic carbocycles. The first-order chi connectivity index (χ1) is 10.1. The van der Waals surface area contributed by atoms with Gasteiger partial charge in [-0.3, -0.25) is 4.57 Å². The van der Waals surface area contributed by atoms with E-state index in [0.29, 0.717) is 22.0 Å². The van der Waals surface area contributed by atoms with Crippen molar-refractivity contribution in [1.82, 2.24) is 4.57 Å². The van der Waals surface area contributed by atoms with E-state index in [1.54, 1.807) is 22.8 Å². The van der Waals surface area contributed by atoms with Crippen LogP contribution in [0.25, 0.3) is 11.1 Å². The zero-order chi connectivity index (χ0) is 15.0. The number of oxazole rings is 1. The molecule has 1 atom stereocenters.